The number of para-hydroxylation sites is 2. The lowest BCUT2D eigenvalue weighted by molar-refractivity contribution is 0.206. The molecule has 4 rings (SSSR count). The summed E-state index contributed by atoms with van der Waals surface area (Å²) in [4.78, 5) is 7.32. The molecule has 1 aliphatic rings. The highest BCUT2D eigenvalue weighted by atomic mass is 15.2. The molecule has 5 nitrogen and oxygen atoms in total. The first-order valence-corrected chi connectivity index (χ1v) is 11.9. The third-order valence-electron chi connectivity index (χ3n) is 7.23. The van der Waals surface area contributed by atoms with Gasteiger partial charge in [-0.25, -0.2) is 4.98 Å². The van der Waals surface area contributed by atoms with E-state index >= 15 is 0 Å². The van der Waals surface area contributed by atoms with Gasteiger partial charge in [0.25, 0.3) is 0 Å². The molecule has 1 N–H and O–H groups in total. The normalized spacial score (nSPS) is 17.3. The zero-order valence-electron chi connectivity index (χ0n) is 19.6. The fraction of sp³-hybridized carbons (Fsp3) is 0.481. The molecular weight excluding hydrogens is 394 g/mol. The lowest BCUT2D eigenvalue weighted by Crippen LogP contribution is -2.40. The van der Waals surface area contributed by atoms with E-state index in [0.29, 0.717) is 6.04 Å². The van der Waals surface area contributed by atoms with Gasteiger partial charge < -0.3 is 14.8 Å². The van der Waals surface area contributed by atoms with Gasteiger partial charge in [0, 0.05) is 26.2 Å². The number of aromatic nitrogens is 2. The van der Waals surface area contributed by atoms with E-state index in [1.165, 1.54) is 0 Å². The summed E-state index contributed by atoms with van der Waals surface area (Å²) in [7, 11) is 2.08. The Balaban J connectivity index is 1.29. The van der Waals surface area contributed by atoms with Crippen LogP contribution in [0, 0.1) is 17.2 Å². The first-order valence-electron chi connectivity index (χ1n) is 11.9. The van der Waals surface area contributed by atoms with Gasteiger partial charge in [-0.2, -0.15) is 5.26 Å². The molecule has 1 aromatic heterocycles. The summed E-state index contributed by atoms with van der Waals surface area (Å²) in [6, 6.07) is 21.8. The third-order valence-corrected chi connectivity index (χ3v) is 7.23. The number of likely N-dealkylation sites (tertiary alicyclic amines) is 1. The molecule has 0 saturated carbocycles. The number of hydrogen-bond donors (Lipinski definition) is 1. The largest absolute Gasteiger partial charge is 0.353 e. The summed E-state index contributed by atoms with van der Waals surface area (Å²) in [5, 5.41) is 13.8. The predicted molar refractivity (Wildman–Crippen MR) is 132 cm³/mol. The molecule has 0 aliphatic carbocycles. The highest BCUT2D eigenvalue weighted by molar-refractivity contribution is 5.78. The summed E-state index contributed by atoms with van der Waals surface area (Å²) in [6.45, 7) is 7.59. The Hall–Kier alpha value is -2.84. The van der Waals surface area contributed by atoms with Crippen molar-refractivity contribution in [3.8, 4) is 6.07 Å². The molecule has 1 unspecified atom stereocenters. The molecule has 0 amide bonds. The van der Waals surface area contributed by atoms with E-state index in [1.807, 2.05) is 24.3 Å². The molecule has 1 saturated heterocycles. The Labute approximate surface area is 192 Å². The number of nitriles is 1. The van der Waals surface area contributed by atoms with Gasteiger partial charge in [-0.05, 0) is 55.8 Å². The van der Waals surface area contributed by atoms with Crippen LogP contribution >= 0.6 is 0 Å². The van der Waals surface area contributed by atoms with E-state index < -0.39 is 5.41 Å². The van der Waals surface area contributed by atoms with Gasteiger partial charge in [-0.3, -0.25) is 0 Å². The van der Waals surface area contributed by atoms with Crippen molar-refractivity contribution in [3.05, 3.63) is 60.2 Å². The summed E-state index contributed by atoms with van der Waals surface area (Å²) < 4.78 is 2.15. The Morgan fingerprint density at radius 2 is 1.78 bits per heavy atom. The highest BCUT2D eigenvalue weighted by Gasteiger charge is 2.35. The van der Waals surface area contributed by atoms with Gasteiger partial charge >= 0.3 is 0 Å². The van der Waals surface area contributed by atoms with Gasteiger partial charge in [-0.15, -0.1) is 0 Å². The maximum Gasteiger partial charge on any atom is 0.203 e. The number of imidazole rings is 1. The Morgan fingerprint density at radius 1 is 1.09 bits per heavy atom. The molecule has 5 heteroatoms. The number of anilines is 1. The maximum atomic E-state index is 10.1. The van der Waals surface area contributed by atoms with Gasteiger partial charge in [-0.1, -0.05) is 56.3 Å². The van der Waals surface area contributed by atoms with Crippen LogP contribution in [0.3, 0.4) is 0 Å². The minimum Gasteiger partial charge on any atom is -0.353 e. The van der Waals surface area contributed by atoms with Crippen molar-refractivity contribution in [1.82, 2.24) is 14.5 Å². The number of piperidine rings is 1. The minimum absolute atomic E-state index is 0.290. The van der Waals surface area contributed by atoms with Crippen LogP contribution in [0.4, 0.5) is 5.95 Å². The second-order valence-electron chi connectivity index (χ2n) is 9.45. The van der Waals surface area contributed by atoms with Crippen molar-refractivity contribution in [2.45, 2.75) is 51.0 Å². The monoisotopic (exact) mass is 429 g/mol. The van der Waals surface area contributed by atoms with Gasteiger partial charge in [0.05, 0.1) is 22.5 Å². The zero-order valence-corrected chi connectivity index (χ0v) is 19.6. The number of hydrogen-bond acceptors (Lipinski definition) is 4. The van der Waals surface area contributed by atoms with Crippen LogP contribution in [0.1, 0.15) is 45.1 Å². The van der Waals surface area contributed by atoms with Crippen molar-refractivity contribution in [1.29, 1.82) is 5.26 Å². The molecule has 2 heterocycles. The summed E-state index contributed by atoms with van der Waals surface area (Å²) in [6.07, 6.45) is 4.19. The Kier molecular flexibility index (Phi) is 6.81. The minimum atomic E-state index is -0.401. The van der Waals surface area contributed by atoms with Gasteiger partial charge in [0.1, 0.15) is 0 Å². The van der Waals surface area contributed by atoms with Crippen molar-refractivity contribution in [2.24, 2.45) is 13.0 Å². The van der Waals surface area contributed by atoms with E-state index in [0.717, 1.165) is 67.9 Å². The van der Waals surface area contributed by atoms with Crippen molar-refractivity contribution < 1.29 is 0 Å². The van der Waals surface area contributed by atoms with E-state index in [-0.39, 0.29) is 5.92 Å². The van der Waals surface area contributed by atoms with Crippen molar-refractivity contribution in [2.75, 3.05) is 25.0 Å². The van der Waals surface area contributed by atoms with E-state index in [1.54, 1.807) is 0 Å². The summed E-state index contributed by atoms with van der Waals surface area (Å²) in [5.74, 6) is 1.25. The number of fused-ring (bicyclic) bond motifs is 1. The first kappa shape index (κ1) is 22.4. The second-order valence-corrected chi connectivity index (χ2v) is 9.45. The standard InChI is InChI=1S/C27H35N5/c1-21(2)27(20-28,22-10-5-4-6-11-22)16-9-17-32-18-14-23(15-19-32)29-26-30-24-12-7-8-13-25(24)31(26)3/h4-8,10-13,21,23H,9,14-19H2,1-3H3,(H,29,30). The molecule has 0 radical (unpaired) electrons. The van der Waals surface area contributed by atoms with Crippen LogP contribution in [0.5, 0.6) is 0 Å². The molecule has 1 atom stereocenters. The van der Waals surface area contributed by atoms with Crippen LogP contribution in [0.2, 0.25) is 0 Å². The average molecular weight is 430 g/mol. The Morgan fingerprint density at radius 3 is 2.44 bits per heavy atom. The van der Waals surface area contributed by atoms with Crippen molar-refractivity contribution >= 4 is 17.0 Å². The molecule has 0 bridgehead atoms. The van der Waals surface area contributed by atoms with Crippen LogP contribution in [-0.2, 0) is 12.5 Å². The lowest BCUT2D eigenvalue weighted by Gasteiger charge is -2.35. The number of nitrogens with one attached hydrogen (secondary N) is 1. The fourth-order valence-corrected chi connectivity index (χ4v) is 5.09. The third kappa shape index (κ3) is 4.52. The summed E-state index contributed by atoms with van der Waals surface area (Å²) >= 11 is 0. The van der Waals surface area contributed by atoms with E-state index in [9.17, 15) is 5.26 Å². The van der Waals surface area contributed by atoms with Crippen LogP contribution < -0.4 is 5.32 Å². The van der Waals surface area contributed by atoms with E-state index in [4.69, 9.17) is 4.98 Å². The number of nitrogens with zero attached hydrogens (tertiary/aromatic N) is 4. The molecule has 2 aromatic carbocycles. The molecule has 0 spiro atoms. The molecule has 1 aliphatic heterocycles. The Bertz CT molecular complexity index is 1060. The first-order chi connectivity index (χ1) is 15.5. The molecule has 32 heavy (non-hydrogen) atoms. The van der Waals surface area contributed by atoms with Gasteiger partial charge in [0.2, 0.25) is 5.95 Å². The number of aryl methyl sites for hydroxylation is 1. The van der Waals surface area contributed by atoms with Gasteiger partial charge in [0.15, 0.2) is 0 Å². The quantitative estimate of drug-likeness (QED) is 0.525. The van der Waals surface area contributed by atoms with Crippen molar-refractivity contribution in [3.63, 3.8) is 0 Å². The number of rotatable bonds is 8. The molecule has 168 valence electrons. The molecular formula is C27H35N5. The predicted octanol–water partition coefficient (Wildman–Crippen LogP) is 5.35. The maximum absolute atomic E-state index is 10.1. The SMILES string of the molecule is CC(C)C(C#N)(CCCN1CCC(Nc2nc3ccccc3n2C)CC1)c1ccccc1. The topological polar surface area (TPSA) is 56.9 Å². The van der Waals surface area contributed by atoms with E-state index in [2.05, 4.69) is 72.1 Å². The fourth-order valence-electron chi connectivity index (χ4n) is 5.09. The van der Waals surface area contributed by atoms with Crippen LogP contribution in [-0.4, -0.2) is 40.1 Å². The van der Waals surface area contributed by atoms with Crippen LogP contribution in [0.25, 0.3) is 11.0 Å². The average Bonchev–Trinajstić information content (AvgIpc) is 3.13. The zero-order chi connectivity index (χ0) is 22.6. The smallest absolute Gasteiger partial charge is 0.203 e. The molecule has 1 fully saturated rings. The molecule has 3 aromatic rings. The number of benzene rings is 2. The lowest BCUT2D eigenvalue weighted by atomic mass is 9.70. The second kappa shape index (κ2) is 9.75. The summed E-state index contributed by atoms with van der Waals surface area (Å²) in [5.41, 5.74) is 2.96. The van der Waals surface area contributed by atoms with Crippen LogP contribution in [0.15, 0.2) is 54.6 Å². The highest BCUT2D eigenvalue weighted by Crippen LogP contribution is 2.36.